The first-order chi connectivity index (χ1) is 16.9. The molecule has 0 unspecified atom stereocenters. The Kier molecular flexibility index (Phi) is 7.63. The average molecular weight is 514 g/mol. The van der Waals surface area contributed by atoms with Crippen LogP contribution in [0.1, 0.15) is 35.2 Å². The molecule has 0 saturated carbocycles. The number of amides is 1. The molecule has 4 rings (SSSR count). The molecular formula is C26H24ClNO6S. The molecule has 0 fully saturated rings. The maximum absolute atomic E-state index is 13.4. The Bertz CT molecular complexity index is 1360. The van der Waals surface area contributed by atoms with Crippen LogP contribution in [0.15, 0.2) is 97.9 Å². The summed E-state index contributed by atoms with van der Waals surface area (Å²) < 4.78 is 42.4. The third-order valence-corrected chi connectivity index (χ3v) is 7.06. The fourth-order valence-corrected chi connectivity index (χ4v) is 4.69. The molecule has 0 aliphatic heterocycles. The van der Waals surface area contributed by atoms with Gasteiger partial charge >= 0.3 is 0 Å². The van der Waals surface area contributed by atoms with Crippen molar-refractivity contribution >= 4 is 27.3 Å². The first-order valence-corrected chi connectivity index (χ1v) is 12.9. The summed E-state index contributed by atoms with van der Waals surface area (Å²) >= 11 is 5.86. The van der Waals surface area contributed by atoms with Gasteiger partial charge in [-0.2, -0.15) is 0 Å². The molecule has 4 aromatic rings. The summed E-state index contributed by atoms with van der Waals surface area (Å²) in [5, 5.41) is 0.0938. The van der Waals surface area contributed by atoms with Gasteiger partial charge in [0.25, 0.3) is 5.91 Å². The van der Waals surface area contributed by atoms with E-state index in [0.717, 1.165) is 17.7 Å². The molecule has 0 bridgehead atoms. The van der Waals surface area contributed by atoms with Crippen LogP contribution in [0, 0.1) is 0 Å². The smallest absolute Gasteiger partial charge is 0.290 e. The topological polar surface area (TPSA) is 90.0 Å². The molecule has 35 heavy (non-hydrogen) atoms. The minimum absolute atomic E-state index is 0.0214. The number of ether oxygens (including phenoxy) is 1. The maximum Gasteiger partial charge on any atom is 0.290 e. The molecule has 9 heteroatoms. The van der Waals surface area contributed by atoms with Gasteiger partial charge in [0, 0.05) is 11.6 Å². The normalized spacial score (nSPS) is 11.4. The Hall–Kier alpha value is -3.49. The molecule has 0 N–H and O–H groups in total. The number of benzene rings is 2. The molecule has 0 saturated heterocycles. The van der Waals surface area contributed by atoms with Gasteiger partial charge in [0.05, 0.1) is 24.3 Å². The lowest BCUT2D eigenvalue weighted by atomic mass is 10.2. The minimum atomic E-state index is -3.94. The van der Waals surface area contributed by atoms with Gasteiger partial charge in [0.2, 0.25) is 14.9 Å². The second-order valence-electron chi connectivity index (χ2n) is 7.81. The summed E-state index contributed by atoms with van der Waals surface area (Å²) in [7, 11) is -3.94. The van der Waals surface area contributed by atoms with Crippen LogP contribution >= 0.6 is 11.6 Å². The van der Waals surface area contributed by atoms with E-state index < -0.39 is 15.7 Å². The van der Waals surface area contributed by atoms with E-state index in [1.807, 2.05) is 31.2 Å². The van der Waals surface area contributed by atoms with Crippen molar-refractivity contribution in [2.75, 3.05) is 6.61 Å². The van der Waals surface area contributed by atoms with E-state index in [9.17, 15) is 13.2 Å². The van der Waals surface area contributed by atoms with Gasteiger partial charge in [-0.25, -0.2) is 8.42 Å². The number of furan rings is 2. The molecule has 7 nitrogen and oxygen atoms in total. The van der Waals surface area contributed by atoms with Crippen LogP contribution in [0.5, 0.6) is 5.75 Å². The Morgan fingerprint density at radius 2 is 1.71 bits per heavy atom. The monoisotopic (exact) mass is 513 g/mol. The fourth-order valence-electron chi connectivity index (χ4n) is 3.39. The van der Waals surface area contributed by atoms with Crippen molar-refractivity contribution in [3.63, 3.8) is 0 Å². The van der Waals surface area contributed by atoms with E-state index in [1.165, 1.54) is 47.6 Å². The first kappa shape index (κ1) is 24.6. The lowest BCUT2D eigenvalue weighted by molar-refractivity contribution is 0.0679. The number of sulfone groups is 1. The van der Waals surface area contributed by atoms with Crippen LogP contribution < -0.4 is 4.74 Å². The van der Waals surface area contributed by atoms with Crippen molar-refractivity contribution < 1.29 is 26.8 Å². The summed E-state index contributed by atoms with van der Waals surface area (Å²) in [6.07, 6.45) is 2.44. The first-order valence-electron chi connectivity index (χ1n) is 11.0. The van der Waals surface area contributed by atoms with E-state index >= 15 is 0 Å². The van der Waals surface area contributed by atoms with Gasteiger partial charge in [-0.15, -0.1) is 0 Å². The summed E-state index contributed by atoms with van der Waals surface area (Å²) in [5.41, 5.74) is 0.870. The van der Waals surface area contributed by atoms with Crippen molar-refractivity contribution in [3.05, 3.63) is 101 Å². The van der Waals surface area contributed by atoms with Crippen LogP contribution in [0.2, 0.25) is 5.02 Å². The summed E-state index contributed by atoms with van der Waals surface area (Å²) in [5.74, 6) is 0.779. The van der Waals surface area contributed by atoms with E-state index in [2.05, 4.69) is 0 Å². The van der Waals surface area contributed by atoms with Crippen molar-refractivity contribution in [1.82, 2.24) is 4.90 Å². The molecule has 0 atom stereocenters. The molecule has 0 aliphatic carbocycles. The number of halogens is 1. The number of rotatable bonds is 10. The summed E-state index contributed by atoms with van der Waals surface area (Å²) in [6, 6.07) is 19.3. The van der Waals surface area contributed by atoms with Crippen molar-refractivity contribution in [2.45, 2.75) is 36.4 Å². The Morgan fingerprint density at radius 1 is 0.971 bits per heavy atom. The highest BCUT2D eigenvalue weighted by molar-refractivity contribution is 7.91. The van der Waals surface area contributed by atoms with Gasteiger partial charge in [-0.1, -0.05) is 30.7 Å². The largest absolute Gasteiger partial charge is 0.494 e. The highest BCUT2D eigenvalue weighted by Gasteiger charge is 2.26. The molecule has 2 aromatic carbocycles. The number of hydrogen-bond donors (Lipinski definition) is 0. The molecule has 2 heterocycles. The fraction of sp³-hybridized carbons (Fsp3) is 0.192. The molecule has 2 aromatic heterocycles. The van der Waals surface area contributed by atoms with E-state index in [4.69, 9.17) is 25.2 Å². The van der Waals surface area contributed by atoms with Gasteiger partial charge in [0.15, 0.2) is 5.76 Å². The zero-order valence-corrected chi connectivity index (χ0v) is 20.6. The molecule has 0 spiro atoms. The molecule has 0 aliphatic rings. The number of carbonyl (C=O) groups excluding carboxylic acids is 1. The van der Waals surface area contributed by atoms with Gasteiger partial charge < -0.3 is 18.5 Å². The van der Waals surface area contributed by atoms with Gasteiger partial charge in [0.1, 0.15) is 11.5 Å². The molecule has 1 amide bonds. The third kappa shape index (κ3) is 5.96. The highest BCUT2D eigenvalue weighted by atomic mass is 35.5. The third-order valence-electron chi connectivity index (χ3n) is 5.16. The number of hydrogen-bond acceptors (Lipinski definition) is 6. The average Bonchev–Trinajstić information content (AvgIpc) is 3.56. The predicted molar refractivity (Wildman–Crippen MR) is 130 cm³/mol. The predicted octanol–water partition coefficient (Wildman–Crippen LogP) is 5.99. The molecule has 0 radical (unpaired) electrons. The zero-order valence-electron chi connectivity index (χ0n) is 19.0. The van der Waals surface area contributed by atoms with Crippen LogP contribution in [-0.4, -0.2) is 25.8 Å². The minimum Gasteiger partial charge on any atom is -0.494 e. The second kappa shape index (κ2) is 10.8. The van der Waals surface area contributed by atoms with Crippen LogP contribution in [0.3, 0.4) is 0 Å². The van der Waals surface area contributed by atoms with Crippen LogP contribution in [0.4, 0.5) is 0 Å². The van der Waals surface area contributed by atoms with E-state index in [1.54, 1.807) is 12.1 Å². The standard InChI is InChI=1S/C26H24ClNO6S/c1-2-15-32-21-9-5-19(6-10-21)17-28(18-22-4-3-16-33-22)26(29)24-13-14-25(34-24)35(30,31)23-11-7-20(27)8-12-23/h3-14,16H,2,15,17-18H2,1H3. The second-order valence-corrected chi connectivity index (χ2v) is 10.1. The van der Waals surface area contributed by atoms with Crippen LogP contribution in [-0.2, 0) is 22.9 Å². The van der Waals surface area contributed by atoms with Gasteiger partial charge in [-0.05, 0) is 72.6 Å². The number of carbonyl (C=O) groups is 1. The molecular weight excluding hydrogens is 490 g/mol. The number of nitrogens with zero attached hydrogens (tertiary/aromatic N) is 1. The van der Waals surface area contributed by atoms with Crippen molar-refractivity contribution in [3.8, 4) is 5.75 Å². The van der Waals surface area contributed by atoms with Crippen LogP contribution in [0.25, 0.3) is 0 Å². The highest BCUT2D eigenvalue weighted by Crippen LogP contribution is 2.26. The van der Waals surface area contributed by atoms with Crippen molar-refractivity contribution in [2.24, 2.45) is 0 Å². The Morgan fingerprint density at radius 3 is 2.37 bits per heavy atom. The quantitative estimate of drug-likeness (QED) is 0.259. The Labute approximate surface area is 208 Å². The zero-order chi connectivity index (χ0) is 24.8. The summed E-state index contributed by atoms with van der Waals surface area (Å²) in [4.78, 5) is 14.9. The van der Waals surface area contributed by atoms with Crippen molar-refractivity contribution in [1.29, 1.82) is 0 Å². The van der Waals surface area contributed by atoms with Gasteiger partial charge in [-0.3, -0.25) is 4.79 Å². The maximum atomic E-state index is 13.4. The van der Waals surface area contributed by atoms with E-state index in [0.29, 0.717) is 17.4 Å². The van der Waals surface area contributed by atoms with E-state index in [-0.39, 0.29) is 28.8 Å². The lowest BCUT2D eigenvalue weighted by Gasteiger charge is -2.21. The SMILES string of the molecule is CCCOc1ccc(CN(Cc2ccco2)C(=O)c2ccc(S(=O)(=O)c3ccc(Cl)cc3)o2)cc1. The molecule has 182 valence electrons. The Balaban J connectivity index is 1.56. The summed E-state index contributed by atoms with van der Waals surface area (Å²) in [6.45, 7) is 3.10. The lowest BCUT2D eigenvalue weighted by Crippen LogP contribution is -2.29.